The molecule has 24 heavy (non-hydrogen) atoms. The van der Waals surface area contributed by atoms with E-state index in [-0.39, 0.29) is 6.10 Å². The molecule has 2 aromatic carbocycles. The van der Waals surface area contributed by atoms with Crippen molar-refractivity contribution >= 4 is 0 Å². The Hall–Kier alpha value is -2.16. The topological polar surface area (TPSA) is 9.23 Å². The Labute approximate surface area is 142 Å². The van der Waals surface area contributed by atoms with Gasteiger partial charge in [0.25, 0.3) is 0 Å². The van der Waals surface area contributed by atoms with E-state index in [2.05, 4.69) is 6.58 Å². The number of hydrogen-bond donors (Lipinski definition) is 0. The minimum Gasteiger partial charge on any atom is -0.499 e. The minimum absolute atomic E-state index is 0.280. The van der Waals surface area contributed by atoms with Crippen molar-refractivity contribution in [2.75, 3.05) is 0 Å². The molecule has 3 heteroatoms. The molecule has 0 saturated heterocycles. The second-order valence-corrected chi connectivity index (χ2v) is 6.46. The van der Waals surface area contributed by atoms with E-state index in [1.807, 2.05) is 24.3 Å². The lowest BCUT2D eigenvalue weighted by Crippen LogP contribution is -2.18. The van der Waals surface area contributed by atoms with Crippen LogP contribution in [0.5, 0.6) is 0 Å². The van der Waals surface area contributed by atoms with E-state index in [9.17, 15) is 8.78 Å². The maximum absolute atomic E-state index is 14.1. The Morgan fingerprint density at radius 3 is 2.25 bits per heavy atom. The third-order valence-corrected chi connectivity index (χ3v) is 4.93. The first-order valence-corrected chi connectivity index (χ1v) is 8.41. The van der Waals surface area contributed by atoms with Gasteiger partial charge in [0.1, 0.15) is 0 Å². The third-order valence-electron chi connectivity index (χ3n) is 4.93. The second-order valence-electron chi connectivity index (χ2n) is 6.46. The molecule has 126 valence electrons. The largest absolute Gasteiger partial charge is 0.499 e. The number of aryl methyl sites for hydroxylation is 1. The fourth-order valence-electron chi connectivity index (χ4n) is 3.47. The zero-order chi connectivity index (χ0) is 17.1. The monoisotopic (exact) mass is 328 g/mol. The van der Waals surface area contributed by atoms with E-state index >= 15 is 0 Å². The van der Waals surface area contributed by atoms with Crippen LogP contribution in [0, 0.1) is 18.6 Å². The summed E-state index contributed by atoms with van der Waals surface area (Å²) in [5.41, 5.74) is 2.60. The fraction of sp³-hybridized carbons (Fsp3) is 0.333. The standard InChI is InChI=1S/C21H22F2O/c1-3-24-18-11-9-16(10-12-18)15-5-7-17(8-6-15)19-13-4-14(2)20(22)21(19)23/h3-8,13,16,18H,1,9-12H2,2H3. The normalized spacial score (nSPS) is 20.6. The number of ether oxygens (including phenoxy) is 1. The molecule has 0 bridgehead atoms. The van der Waals surface area contributed by atoms with E-state index < -0.39 is 11.6 Å². The number of benzene rings is 2. The molecule has 0 N–H and O–H groups in total. The number of hydrogen-bond acceptors (Lipinski definition) is 1. The zero-order valence-electron chi connectivity index (χ0n) is 13.9. The zero-order valence-corrected chi connectivity index (χ0v) is 13.9. The maximum atomic E-state index is 14.1. The van der Waals surface area contributed by atoms with Crippen molar-refractivity contribution in [3.8, 4) is 11.1 Å². The van der Waals surface area contributed by atoms with Gasteiger partial charge in [0.15, 0.2) is 11.6 Å². The van der Waals surface area contributed by atoms with E-state index in [1.165, 1.54) is 11.8 Å². The van der Waals surface area contributed by atoms with Crippen LogP contribution in [0.4, 0.5) is 8.78 Å². The fourth-order valence-corrected chi connectivity index (χ4v) is 3.47. The van der Waals surface area contributed by atoms with Gasteiger partial charge in [-0.3, -0.25) is 0 Å². The summed E-state index contributed by atoms with van der Waals surface area (Å²) in [5.74, 6) is -1.04. The van der Waals surface area contributed by atoms with E-state index in [4.69, 9.17) is 4.74 Å². The van der Waals surface area contributed by atoms with Gasteiger partial charge < -0.3 is 4.74 Å². The Morgan fingerprint density at radius 1 is 0.958 bits per heavy atom. The number of halogens is 2. The van der Waals surface area contributed by atoms with Crippen molar-refractivity contribution in [1.29, 1.82) is 0 Å². The molecule has 0 spiro atoms. The first-order chi connectivity index (χ1) is 11.6. The predicted molar refractivity (Wildman–Crippen MR) is 92.8 cm³/mol. The van der Waals surface area contributed by atoms with Gasteiger partial charge in [-0.1, -0.05) is 43.0 Å². The molecule has 1 aliphatic rings. The summed E-state index contributed by atoms with van der Waals surface area (Å²) in [6.45, 7) is 5.18. The number of rotatable bonds is 4. The quantitative estimate of drug-likeness (QED) is 0.614. The summed E-state index contributed by atoms with van der Waals surface area (Å²) in [4.78, 5) is 0. The van der Waals surface area contributed by atoms with Crippen LogP contribution < -0.4 is 0 Å². The molecule has 1 fully saturated rings. The second kappa shape index (κ2) is 7.16. The average Bonchev–Trinajstić information content (AvgIpc) is 2.61. The van der Waals surface area contributed by atoms with Gasteiger partial charge in [-0.25, -0.2) is 8.78 Å². The highest BCUT2D eigenvalue weighted by molar-refractivity contribution is 5.65. The molecule has 0 aromatic heterocycles. The van der Waals surface area contributed by atoms with Gasteiger partial charge in [0.2, 0.25) is 0 Å². The van der Waals surface area contributed by atoms with Gasteiger partial charge in [-0.15, -0.1) is 0 Å². The Bertz CT molecular complexity index is 713. The van der Waals surface area contributed by atoms with E-state index in [0.717, 1.165) is 25.7 Å². The molecule has 0 unspecified atom stereocenters. The van der Waals surface area contributed by atoms with Gasteiger partial charge in [-0.2, -0.15) is 0 Å². The highest BCUT2D eigenvalue weighted by Crippen LogP contribution is 2.35. The lowest BCUT2D eigenvalue weighted by Gasteiger charge is -2.28. The molecule has 3 rings (SSSR count). The van der Waals surface area contributed by atoms with Gasteiger partial charge >= 0.3 is 0 Å². The Balaban J connectivity index is 1.75. The molecule has 0 heterocycles. The highest BCUT2D eigenvalue weighted by Gasteiger charge is 2.23. The molecular weight excluding hydrogens is 306 g/mol. The van der Waals surface area contributed by atoms with Crippen LogP contribution in [0.3, 0.4) is 0 Å². The van der Waals surface area contributed by atoms with Crippen LogP contribution in [-0.4, -0.2) is 6.10 Å². The third kappa shape index (κ3) is 3.35. The molecule has 0 amide bonds. The maximum Gasteiger partial charge on any atom is 0.166 e. The molecule has 1 aliphatic carbocycles. The van der Waals surface area contributed by atoms with Crippen LogP contribution in [0.1, 0.15) is 42.7 Å². The van der Waals surface area contributed by atoms with Crippen molar-refractivity contribution in [2.45, 2.75) is 44.6 Å². The van der Waals surface area contributed by atoms with Crippen LogP contribution in [-0.2, 0) is 4.74 Å². The van der Waals surface area contributed by atoms with Crippen molar-refractivity contribution in [3.05, 3.63) is 72.0 Å². The van der Waals surface area contributed by atoms with Crippen LogP contribution in [0.2, 0.25) is 0 Å². The van der Waals surface area contributed by atoms with Crippen LogP contribution in [0.25, 0.3) is 11.1 Å². The summed E-state index contributed by atoms with van der Waals surface area (Å²) < 4.78 is 33.3. The molecular formula is C21H22F2O. The lowest BCUT2D eigenvalue weighted by atomic mass is 9.82. The van der Waals surface area contributed by atoms with E-state index in [1.54, 1.807) is 19.1 Å². The smallest absolute Gasteiger partial charge is 0.166 e. The summed E-state index contributed by atoms with van der Waals surface area (Å²) in [6, 6.07) is 11.1. The van der Waals surface area contributed by atoms with Crippen molar-refractivity contribution in [2.24, 2.45) is 0 Å². The molecule has 0 aliphatic heterocycles. The molecule has 2 aromatic rings. The summed E-state index contributed by atoms with van der Waals surface area (Å²) in [7, 11) is 0. The van der Waals surface area contributed by atoms with Gasteiger partial charge in [-0.05, 0) is 55.2 Å². The van der Waals surface area contributed by atoms with Gasteiger partial charge in [0, 0.05) is 5.56 Å². The molecule has 0 radical (unpaired) electrons. The lowest BCUT2D eigenvalue weighted by molar-refractivity contribution is 0.100. The molecule has 0 atom stereocenters. The average molecular weight is 328 g/mol. The van der Waals surface area contributed by atoms with E-state index in [0.29, 0.717) is 22.6 Å². The van der Waals surface area contributed by atoms with Gasteiger partial charge in [0.05, 0.1) is 12.4 Å². The first-order valence-electron chi connectivity index (χ1n) is 8.41. The summed E-state index contributed by atoms with van der Waals surface area (Å²) in [6.07, 6.45) is 6.00. The van der Waals surface area contributed by atoms with Crippen molar-refractivity contribution in [3.63, 3.8) is 0 Å². The Kier molecular flexibility index (Phi) is 4.98. The van der Waals surface area contributed by atoms with Crippen LogP contribution >= 0.6 is 0 Å². The van der Waals surface area contributed by atoms with Crippen molar-refractivity contribution < 1.29 is 13.5 Å². The highest BCUT2D eigenvalue weighted by atomic mass is 19.2. The van der Waals surface area contributed by atoms with Crippen molar-refractivity contribution in [1.82, 2.24) is 0 Å². The minimum atomic E-state index is -0.773. The van der Waals surface area contributed by atoms with Crippen LogP contribution in [0.15, 0.2) is 49.2 Å². The predicted octanol–water partition coefficient (Wildman–Crippen LogP) is 6.13. The Morgan fingerprint density at radius 2 is 1.62 bits per heavy atom. The molecule has 1 nitrogen and oxygen atoms in total. The first kappa shape index (κ1) is 16.7. The summed E-state index contributed by atoms with van der Waals surface area (Å²) in [5, 5.41) is 0. The summed E-state index contributed by atoms with van der Waals surface area (Å²) >= 11 is 0. The molecule has 1 saturated carbocycles. The SMILES string of the molecule is C=COC1CCC(c2ccc(-c3ccc(C)c(F)c3F)cc2)CC1.